The number of halogens is 6. The smallest absolute Gasteiger partial charge is 0.490 e. The molecule has 0 saturated carbocycles. The van der Waals surface area contributed by atoms with Gasteiger partial charge in [0.2, 0.25) is 0 Å². The maximum atomic E-state index is 10.6. The van der Waals surface area contributed by atoms with Gasteiger partial charge in [0.15, 0.2) is 0 Å². The van der Waals surface area contributed by atoms with Crippen molar-refractivity contribution in [2.24, 2.45) is 0 Å². The van der Waals surface area contributed by atoms with E-state index in [4.69, 9.17) is 29.3 Å². The summed E-state index contributed by atoms with van der Waals surface area (Å²) >= 11 is 0. The Bertz CT molecular complexity index is 1570. The molecule has 17 heteroatoms. The number of nitrogens with zero attached hydrogens (tertiary/aromatic N) is 5. The minimum atomic E-state index is -5.08. The molecular formula is C28H27F6N5O6. The molecular weight excluding hydrogens is 616 g/mol. The number of carboxylic acids is 2. The fourth-order valence-corrected chi connectivity index (χ4v) is 4.03. The van der Waals surface area contributed by atoms with Crippen molar-refractivity contribution < 1.29 is 55.6 Å². The minimum Gasteiger partial charge on any atom is -0.497 e. The Morgan fingerprint density at radius 3 is 2.11 bits per heavy atom. The molecule has 3 aromatic heterocycles. The van der Waals surface area contributed by atoms with E-state index in [-0.39, 0.29) is 6.10 Å². The molecule has 11 nitrogen and oxygen atoms in total. The van der Waals surface area contributed by atoms with Crippen LogP contribution in [0.1, 0.15) is 23.2 Å². The lowest BCUT2D eigenvalue weighted by Gasteiger charge is -2.31. The van der Waals surface area contributed by atoms with Crippen molar-refractivity contribution in [3.05, 3.63) is 77.9 Å². The number of aromatic nitrogens is 4. The van der Waals surface area contributed by atoms with E-state index in [1.54, 1.807) is 7.11 Å². The maximum Gasteiger partial charge on any atom is 0.490 e. The Labute approximate surface area is 251 Å². The molecule has 45 heavy (non-hydrogen) atoms. The Hall–Kier alpha value is -4.77. The van der Waals surface area contributed by atoms with Crippen molar-refractivity contribution in [3.8, 4) is 16.9 Å². The zero-order valence-corrected chi connectivity index (χ0v) is 23.7. The average molecular weight is 644 g/mol. The maximum absolute atomic E-state index is 10.6. The molecule has 1 unspecified atom stereocenters. The van der Waals surface area contributed by atoms with Crippen LogP contribution in [0.5, 0.6) is 5.75 Å². The first kappa shape index (κ1) is 34.7. The number of morpholine rings is 1. The third-order valence-electron chi connectivity index (χ3n) is 6.14. The molecule has 1 saturated heterocycles. The van der Waals surface area contributed by atoms with Crippen LogP contribution in [0.3, 0.4) is 0 Å². The van der Waals surface area contributed by atoms with Crippen molar-refractivity contribution >= 4 is 17.5 Å². The number of fused-ring (bicyclic) bond motifs is 1. The molecule has 1 aromatic carbocycles. The summed E-state index contributed by atoms with van der Waals surface area (Å²) in [5.74, 6) is -4.67. The van der Waals surface area contributed by atoms with Crippen molar-refractivity contribution in [2.75, 3.05) is 26.8 Å². The van der Waals surface area contributed by atoms with Gasteiger partial charge in [-0.3, -0.25) is 9.88 Å². The number of benzene rings is 1. The Morgan fingerprint density at radius 2 is 1.56 bits per heavy atom. The summed E-state index contributed by atoms with van der Waals surface area (Å²) in [5, 5.41) is 23.1. The van der Waals surface area contributed by atoms with Crippen LogP contribution < -0.4 is 4.74 Å². The number of methoxy groups -OCH3 is 1. The van der Waals surface area contributed by atoms with Gasteiger partial charge in [-0.1, -0.05) is 29.5 Å². The third kappa shape index (κ3) is 10.1. The first-order valence-corrected chi connectivity index (χ1v) is 12.9. The van der Waals surface area contributed by atoms with E-state index >= 15 is 0 Å². The van der Waals surface area contributed by atoms with Crippen molar-refractivity contribution in [1.82, 2.24) is 24.7 Å². The Morgan fingerprint density at radius 1 is 0.956 bits per heavy atom. The molecule has 4 aromatic rings. The predicted octanol–water partition coefficient (Wildman–Crippen LogP) is 4.95. The SMILES string of the molecule is COc1ccc(-c2ccc3c(C4CN(Cc5cccc(C)n5)CCO4)nnn3c2)cc1.O=C(O)C(F)(F)F.O=C(O)C(F)(F)F. The number of aliphatic carboxylic acids is 2. The quantitative estimate of drug-likeness (QED) is 0.287. The monoisotopic (exact) mass is 643 g/mol. The van der Waals surface area contributed by atoms with Crippen LogP contribution in [-0.2, 0) is 20.9 Å². The second-order valence-electron chi connectivity index (χ2n) is 9.42. The van der Waals surface area contributed by atoms with Crippen LogP contribution in [0.25, 0.3) is 16.6 Å². The number of hydrogen-bond acceptors (Lipinski definition) is 8. The topological polar surface area (TPSA) is 139 Å². The predicted molar refractivity (Wildman–Crippen MR) is 145 cm³/mol. The van der Waals surface area contributed by atoms with Gasteiger partial charge < -0.3 is 19.7 Å². The normalized spacial score (nSPS) is 15.3. The van der Waals surface area contributed by atoms with Gasteiger partial charge in [-0.25, -0.2) is 14.1 Å². The van der Waals surface area contributed by atoms with Crippen molar-refractivity contribution in [1.29, 1.82) is 0 Å². The number of hydrogen-bond donors (Lipinski definition) is 2. The number of alkyl halides is 6. The molecule has 4 heterocycles. The lowest BCUT2D eigenvalue weighted by atomic mass is 10.1. The zero-order chi connectivity index (χ0) is 33.4. The van der Waals surface area contributed by atoms with Gasteiger partial charge >= 0.3 is 24.3 Å². The van der Waals surface area contributed by atoms with E-state index < -0.39 is 24.3 Å². The largest absolute Gasteiger partial charge is 0.497 e. The number of aryl methyl sites for hydroxylation is 1. The molecule has 0 bridgehead atoms. The van der Waals surface area contributed by atoms with Crippen LogP contribution in [0.2, 0.25) is 0 Å². The van der Waals surface area contributed by atoms with E-state index in [0.717, 1.165) is 59.1 Å². The van der Waals surface area contributed by atoms with Gasteiger partial charge in [-0.05, 0) is 42.8 Å². The lowest BCUT2D eigenvalue weighted by molar-refractivity contribution is -0.193. The first-order valence-electron chi connectivity index (χ1n) is 12.9. The molecule has 1 fully saturated rings. The van der Waals surface area contributed by atoms with Gasteiger partial charge in [0.25, 0.3) is 0 Å². The van der Waals surface area contributed by atoms with Gasteiger partial charge in [0, 0.05) is 37.1 Å². The fourth-order valence-electron chi connectivity index (χ4n) is 4.03. The highest BCUT2D eigenvalue weighted by Gasteiger charge is 2.39. The third-order valence-corrected chi connectivity index (χ3v) is 6.14. The standard InChI is InChI=1S/C24H25N5O2.2C2HF3O2/c1-17-4-3-5-20(25-17)15-28-12-13-31-23(16-28)24-22-11-8-19(14-29(22)27-26-24)18-6-9-21(30-2)10-7-18;2*3-2(4,5)1(6)7/h3-11,14,23H,12-13,15-16H2,1-2H3;2*(H,6,7). The molecule has 5 rings (SSSR count). The molecule has 0 amide bonds. The molecule has 1 aliphatic heterocycles. The number of carboxylic acid groups (broad SMARTS) is 2. The fraction of sp³-hybridized carbons (Fsp3) is 0.321. The van der Waals surface area contributed by atoms with E-state index in [1.807, 2.05) is 48.0 Å². The summed E-state index contributed by atoms with van der Waals surface area (Å²) in [5.41, 5.74) is 6.15. The number of rotatable bonds is 5. The molecule has 242 valence electrons. The summed E-state index contributed by atoms with van der Waals surface area (Å²) in [4.78, 5) is 24.8. The lowest BCUT2D eigenvalue weighted by Crippen LogP contribution is -2.38. The molecule has 1 atom stereocenters. The van der Waals surface area contributed by atoms with Gasteiger partial charge in [-0.15, -0.1) is 5.10 Å². The van der Waals surface area contributed by atoms with E-state index in [9.17, 15) is 26.3 Å². The van der Waals surface area contributed by atoms with Crippen molar-refractivity contribution in [3.63, 3.8) is 0 Å². The van der Waals surface area contributed by atoms with Crippen LogP contribution in [0, 0.1) is 6.92 Å². The van der Waals surface area contributed by atoms with Crippen LogP contribution >= 0.6 is 0 Å². The summed E-state index contributed by atoms with van der Waals surface area (Å²) in [6.07, 6.45) is -8.27. The highest BCUT2D eigenvalue weighted by molar-refractivity contribution is 5.73. The number of carbonyl (C=O) groups is 2. The zero-order valence-electron chi connectivity index (χ0n) is 23.7. The Balaban J connectivity index is 0.000000331. The van der Waals surface area contributed by atoms with E-state index in [2.05, 4.69) is 44.5 Å². The highest BCUT2D eigenvalue weighted by Crippen LogP contribution is 2.28. The summed E-state index contributed by atoms with van der Waals surface area (Å²) in [6.45, 7) is 5.15. The average Bonchev–Trinajstić information content (AvgIpc) is 3.40. The number of pyridine rings is 2. The van der Waals surface area contributed by atoms with Crippen LogP contribution in [0.4, 0.5) is 26.3 Å². The van der Waals surface area contributed by atoms with Gasteiger partial charge in [0.1, 0.15) is 17.5 Å². The summed E-state index contributed by atoms with van der Waals surface area (Å²) in [7, 11) is 1.67. The second kappa shape index (κ2) is 14.8. The van der Waals surface area contributed by atoms with E-state index in [1.165, 1.54) is 0 Å². The van der Waals surface area contributed by atoms with Crippen molar-refractivity contribution in [2.45, 2.75) is 31.9 Å². The molecule has 0 aliphatic carbocycles. The molecule has 0 radical (unpaired) electrons. The van der Waals surface area contributed by atoms with E-state index in [0.29, 0.717) is 6.61 Å². The molecule has 2 N–H and O–H groups in total. The molecule has 1 aliphatic rings. The first-order chi connectivity index (χ1) is 21.1. The van der Waals surface area contributed by atoms with Gasteiger partial charge in [-0.2, -0.15) is 26.3 Å². The Kier molecular flexibility index (Phi) is 11.4. The van der Waals surface area contributed by atoms with Gasteiger partial charge in [0.05, 0.1) is 24.9 Å². The molecule has 0 spiro atoms. The van der Waals surface area contributed by atoms with Crippen LogP contribution in [-0.4, -0.2) is 86.0 Å². The van der Waals surface area contributed by atoms with Crippen LogP contribution in [0.15, 0.2) is 60.8 Å². The highest BCUT2D eigenvalue weighted by atomic mass is 19.4. The second-order valence-corrected chi connectivity index (χ2v) is 9.42. The summed E-state index contributed by atoms with van der Waals surface area (Å²) < 4.78 is 76.6. The summed E-state index contributed by atoms with van der Waals surface area (Å²) in [6, 6.07) is 18.3. The minimum absolute atomic E-state index is 0.108. The number of ether oxygens (including phenoxy) is 2.